The molecule has 8 nitrogen and oxygen atoms in total. The lowest BCUT2D eigenvalue weighted by Crippen LogP contribution is -2.34. The van der Waals surface area contributed by atoms with Crippen LogP contribution in [0.1, 0.15) is 25.3 Å². The summed E-state index contributed by atoms with van der Waals surface area (Å²) in [6, 6.07) is 5.96. The van der Waals surface area contributed by atoms with Crippen LogP contribution in [-0.4, -0.2) is 62.8 Å². The quantitative estimate of drug-likeness (QED) is 0.514. The standard InChI is InChI=1S/C22H32N6O2S/c1-6-16(2)13-20(19-9-11-24-22(19)23-3)28-12-10-18(15-28)27(4)21-8-7-17(14-25-21)26-31(5,29)30/h7-9,11,13-14,18,23-24,26H,2,6,10,12,15H2,1,3-5H3/b20-13+. The molecule has 168 valence electrons. The molecule has 2 aromatic heterocycles. The molecule has 1 unspecified atom stereocenters. The number of hydrogen-bond donors (Lipinski definition) is 3. The average Bonchev–Trinajstić information content (AvgIpc) is 3.40. The van der Waals surface area contributed by atoms with Crippen LogP contribution in [0.2, 0.25) is 0 Å². The second-order valence-corrected chi connectivity index (χ2v) is 9.58. The Morgan fingerprint density at radius 3 is 2.81 bits per heavy atom. The van der Waals surface area contributed by atoms with Gasteiger partial charge in [-0.15, -0.1) is 0 Å². The van der Waals surface area contributed by atoms with Gasteiger partial charge in [-0.25, -0.2) is 13.4 Å². The molecular formula is C22H32N6O2S. The Morgan fingerprint density at radius 2 is 2.19 bits per heavy atom. The number of H-pyrrole nitrogens is 1. The van der Waals surface area contributed by atoms with Crippen LogP contribution in [0.3, 0.4) is 0 Å². The van der Waals surface area contributed by atoms with Crippen molar-refractivity contribution in [2.24, 2.45) is 0 Å². The fourth-order valence-corrected chi connectivity index (χ4v) is 4.31. The summed E-state index contributed by atoms with van der Waals surface area (Å²) in [7, 11) is 0.631. The highest BCUT2D eigenvalue weighted by Gasteiger charge is 2.29. The Morgan fingerprint density at radius 1 is 1.42 bits per heavy atom. The molecule has 3 rings (SSSR count). The van der Waals surface area contributed by atoms with Crippen molar-refractivity contribution in [3.8, 4) is 0 Å². The molecule has 0 amide bonds. The lowest BCUT2D eigenvalue weighted by Gasteiger charge is -2.28. The number of likely N-dealkylation sites (tertiary alicyclic amines) is 1. The minimum absolute atomic E-state index is 0.288. The van der Waals surface area contributed by atoms with Crippen LogP contribution in [0.5, 0.6) is 0 Å². The number of nitrogens with one attached hydrogen (secondary N) is 3. The zero-order valence-electron chi connectivity index (χ0n) is 18.6. The molecule has 0 bridgehead atoms. The third-order valence-corrected chi connectivity index (χ3v) is 6.14. The first-order valence-electron chi connectivity index (χ1n) is 10.4. The number of sulfonamides is 1. The van der Waals surface area contributed by atoms with Gasteiger partial charge in [0.15, 0.2) is 0 Å². The van der Waals surface area contributed by atoms with Gasteiger partial charge in [0.1, 0.15) is 11.6 Å². The molecule has 0 radical (unpaired) electrons. The highest BCUT2D eigenvalue weighted by atomic mass is 32.2. The van der Waals surface area contributed by atoms with Crippen LogP contribution >= 0.6 is 0 Å². The van der Waals surface area contributed by atoms with Crippen molar-refractivity contribution in [2.45, 2.75) is 25.8 Å². The van der Waals surface area contributed by atoms with Gasteiger partial charge in [-0.05, 0) is 37.1 Å². The summed E-state index contributed by atoms with van der Waals surface area (Å²) in [4.78, 5) is 12.3. The zero-order chi connectivity index (χ0) is 22.6. The van der Waals surface area contributed by atoms with E-state index in [9.17, 15) is 8.42 Å². The van der Waals surface area contributed by atoms with E-state index in [4.69, 9.17) is 0 Å². The first-order valence-corrected chi connectivity index (χ1v) is 12.3. The summed E-state index contributed by atoms with van der Waals surface area (Å²) in [5, 5.41) is 3.23. The van der Waals surface area contributed by atoms with Crippen molar-refractivity contribution < 1.29 is 8.42 Å². The first-order chi connectivity index (χ1) is 14.7. The van der Waals surface area contributed by atoms with E-state index in [0.717, 1.165) is 60.7 Å². The maximum Gasteiger partial charge on any atom is 0.229 e. The third kappa shape index (κ3) is 5.61. The molecule has 0 aliphatic carbocycles. The number of allylic oxidation sites excluding steroid dienone is 2. The molecule has 1 saturated heterocycles. The van der Waals surface area contributed by atoms with Gasteiger partial charge in [0, 0.05) is 50.7 Å². The molecule has 0 spiro atoms. The normalized spacial score (nSPS) is 17.0. The Kier molecular flexibility index (Phi) is 6.94. The van der Waals surface area contributed by atoms with Gasteiger partial charge in [-0.3, -0.25) is 4.72 Å². The molecule has 1 atom stereocenters. The van der Waals surface area contributed by atoms with E-state index < -0.39 is 10.0 Å². The van der Waals surface area contributed by atoms with E-state index in [1.807, 2.05) is 26.4 Å². The molecule has 1 aliphatic heterocycles. The van der Waals surface area contributed by atoms with Gasteiger partial charge in [-0.2, -0.15) is 0 Å². The Labute approximate surface area is 185 Å². The predicted octanol–water partition coefficient (Wildman–Crippen LogP) is 3.34. The summed E-state index contributed by atoms with van der Waals surface area (Å²) in [5.41, 5.74) is 3.84. The highest BCUT2D eigenvalue weighted by molar-refractivity contribution is 7.92. The van der Waals surface area contributed by atoms with E-state index in [2.05, 4.69) is 55.5 Å². The Balaban J connectivity index is 1.76. The number of nitrogens with zero attached hydrogens (tertiary/aromatic N) is 3. The number of likely N-dealkylation sites (N-methyl/N-ethyl adjacent to an activating group) is 1. The fourth-order valence-electron chi connectivity index (χ4n) is 3.76. The van der Waals surface area contributed by atoms with Crippen molar-refractivity contribution in [1.82, 2.24) is 14.9 Å². The molecule has 2 aromatic rings. The van der Waals surface area contributed by atoms with Crippen LogP contribution < -0.4 is 14.9 Å². The molecule has 3 N–H and O–H groups in total. The van der Waals surface area contributed by atoms with Gasteiger partial charge in [0.05, 0.1) is 18.1 Å². The van der Waals surface area contributed by atoms with E-state index in [0.29, 0.717) is 5.69 Å². The minimum Gasteiger partial charge on any atom is -0.374 e. The summed E-state index contributed by atoms with van der Waals surface area (Å²) in [5.74, 6) is 1.80. The van der Waals surface area contributed by atoms with Crippen molar-refractivity contribution in [2.75, 3.05) is 48.4 Å². The predicted molar refractivity (Wildman–Crippen MR) is 129 cm³/mol. The molecule has 0 saturated carbocycles. The summed E-state index contributed by atoms with van der Waals surface area (Å²) in [6.45, 7) is 8.08. The Hall–Kier alpha value is -2.94. The molecule has 3 heterocycles. The average molecular weight is 445 g/mol. The smallest absolute Gasteiger partial charge is 0.229 e. The van der Waals surface area contributed by atoms with Crippen LogP contribution in [0.15, 0.2) is 48.8 Å². The van der Waals surface area contributed by atoms with Crippen LogP contribution in [0.25, 0.3) is 5.70 Å². The lowest BCUT2D eigenvalue weighted by molar-refractivity contribution is 0.480. The van der Waals surface area contributed by atoms with Crippen molar-refractivity contribution in [3.05, 3.63) is 54.4 Å². The van der Waals surface area contributed by atoms with E-state index in [1.165, 1.54) is 0 Å². The number of aromatic amines is 1. The zero-order valence-corrected chi connectivity index (χ0v) is 19.5. The maximum atomic E-state index is 11.4. The first kappa shape index (κ1) is 22.7. The number of aromatic nitrogens is 2. The minimum atomic E-state index is -3.31. The van der Waals surface area contributed by atoms with E-state index >= 15 is 0 Å². The second-order valence-electron chi connectivity index (χ2n) is 7.84. The molecular weight excluding hydrogens is 412 g/mol. The van der Waals surface area contributed by atoms with Gasteiger partial charge >= 0.3 is 0 Å². The maximum absolute atomic E-state index is 11.4. The number of anilines is 3. The summed E-state index contributed by atoms with van der Waals surface area (Å²) < 4.78 is 25.2. The number of hydrogen-bond acceptors (Lipinski definition) is 6. The van der Waals surface area contributed by atoms with Crippen LogP contribution in [0, 0.1) is 0 Å². The fraction of sp³-hybridized carbons (Fsp3) is 0.409. The lowest BCUT2D eigenvalue weighted by atomic mass is 10.1. The highest BCUT2D eigenvalue weighted by Crippen LogP contribution is 2.32. The monoisotopic (exact) mass is 444 g/mol. The molecule has 31 heavy (non-hydrogen) atoms. The molecule has 1 aliphatic rings. The third-order valence-electron chi connectivity index (χ3n) is 5.53. The van der Waals surface area contributed by atoms with Gasteiger partial charge in [-0.1, -0.05) is 19.1 Å². The summed E-state index contributed by atoms with van der Waals surface area (Å²) in [6.07, 6.45) is 8.70. The van der Waals surface area contributed by atoms with Gasteiger partial charge < -0.3 is 20.1 Å². The topological polar surface area (TPSA) is 93.4 Å². The molecule has 1 fully saturated rings. The largest absolute Gasteiger partial charge is 0.374 e. The van der Waals surface area contributed by atoms with Crippen molar-refractivity contribution >= 4 is 33.0 Å². The van der Waals surface area contributed by atoms with Crippen molar-refractivity contribution in [3.63, 3.8) is 0 Å². The SMILES string of the molecule is C=C(/C=C(\c1cc[nH]c1NC)N1CCC(N(C)c2ccc(NS(C)(=O)=O)cn2)C1)CC. The van der Waals surface area contributed by atoms with E-state index in [1.54, 1.807) is 12.3 Å². The summed E-state index contributed by atoms with van der Waals surface area (Å²) >= 11 is 0. The van der Waals surface area contributed by atoms with Crippen LogP contribution in [-0.2, 0) is 10.0 Å². The van der Waals surface area contributed by atoms with Crippen molar-refractivity contribution in [1.29, 1.82) is 0 Å². The van der Waals surface area contributed by atoms with Gasteiger partial charge in [0.25, 0.3) is 0 Å². The number of rotatable bonds is 9. The second kappa shape index (κ2) is 9.47. The van der Waals surface area contributed by atoms with Crippen LogP contribution in [0.4, 0.5) is 17.3 Å². The van der Waals surface area contributed by atoms with E-state index in [-0.39, 0.29) is 6.04 Å². The molecule has 9 heteroatoms. The number of pyridine rings is 1. The molecule has 0 aromatic carbocycles. The Bertz CT molecular complexity index is 1040. The van der Waals surface area contributed by atoms with Gasteiger partial charge in [0.2, 0.25) is 10.0 Å².